The highest BCUT2D eigenvalue weighted by molar-refractivity contribution is 5.41. The number of rotatable bonds is 1. The molecule has 0 spiro atoms. The van der Waals surface area contributed by atoms with Crippen LogP contribution in [0, 0.1) is 17.5 Å². The van der Waals surface area contributed by atoms with Crippen LogP contribution < -0.4 is 4.74 Å². The van der Waals surface area contributed by atoms with E-state index in [1.54, 1.807) is 0 Å². The van der Waals surface area contributed by atoms with E-state index in [9.17, 15) is 13.2 Å². The molecule has 1 aromatic carbocycles. The minimum atomic E-state index is -1.41. The smallest absolute Gasteiger partial charge is 0.204 e. The third-order valence-corrected chi connectivity index (χ3v) is 1.31. The number of aromatic hydroxyl groups is 1. The van der Waals surface area contributed by atoms with Gasteiger partial charge in [0.15, 0.2) is 17.4 Å². The normalized spacial score (nSPS) is 10.0. The van der Waals surface area contributed by atoms with Crippen LogP contribution in [-0.4, -0.2) is 12.2 Å². The minimum Gasteiger partial charge on any atom is -0.502 e. The molecule has 0 unspecified atom stereocenters. The SMILES string of the molecule is COc1c(O)c(F)cc(F)c1F. The Morgan fingerprint density at radius 1 is 1.25 bits per heavy atom. The van der Waals surface area contributed by atoms with Gasteiger partial charge in [-0.2, -0.15) is 4.39 Å². The summed E-state index contributed by atoms with van der Waals surface area (Å²) in [6.45, 7) is 0. The summed E-state index contributed by atoms with van der Waals surface area (Å²) in [5, 5.41) is 8.80. The van der Waals surface area contributed by atoms with E-state index in [-0.39, 0.29) is 6.07 Å². The van der Waals surface area contributed by atoms with Gasteiger partial charge in [0.05, 0.1) is 7.11 Å². The fourth-order valence-electron chi connectivity index (χ4n) is 0.750. The average molecular weight is 178 g/mol. The van der Waals surface area contributed by atoms with Gasteiger partial charge in [0.1, 0.15) is 0 Å². The Morgan fingerprint density at radius 2 is 1.83 bits per heavy atom. The Labute approximate surface area is 66.2 Å². The summed E-state index contributed by atoms with van der Waals surface area (Å²) >= 11 is 0. The largest absolute Gasteiger partial charge is 0.502 e. The topological polar surface area (TPSA) is 29.5 Å². The van der Waals surface area contributed by atoms with Gasteiger partial charge in [-0.3, -0.25) is 0 Å². The second kappa shape index (κ2) is 2.92. The van der Waals surface area contributed by atoms with E-state index in [4.69, 9.17) is 5.11 Å². The van der Waals surface area contributed by atoms with Crippen molar-refractivity contribution in [1.29, 1.82) is 0 Å². The van der Waals surface area contributed by atoms with Crippen molar-refractivity contribution in [2.24, 2.45) is 0 Å². The molecule has 1 rings (SSSR count). The summed E-state index contributed by atoms with van der Waals surface area (Å²) in [7, 11) is 0.997. The molecule has 0 aliphatic heterocycles. The van der Waals surface area contributed by atoms with Crippen molar-refractivity contribution in [1.82, 2.24) is 0 Å². The summed E-state index contributed by atoms with van der Waals surface area (Å²) < 4.78 is 41.7. The van der Waals surface area contributed by atoms with E-state index in [2.05, 4.69) is 4.74 Å². The second-order valence-electron chi connectivity index (χ2n) is 2.04. The number of hydrogen-bond acceptors (Lipinski definition) is 2. The summed E-state index contributed by atoms with van der Waals surface area (Å²) in [6, 6.07) is 0.243. The highest BCUT2D eigenvalue weighted by Crippen LogP contribution is 2.32. The predicted molar refractivity (Wildman–Crippen MR) is 34.5 cm³/mol. The lowest BCUT2D eigenvalue weighted by atomic mass is 10.3. The third kappa shape index (κ3) is 1.17. The zero-order chi connectivity index (χ0) is 9.30. The molecule has 0 saturated carbocycles. The zero-order valence-electron chi connectivity index (χ0n) is 6.07. The fourth-order valence-corrected chi connectivity index (χ4v) is 0.750. The van der Waals surface area contributed by atoms with Crippen molar-refractivity contribution in [3.8, 4) is 11.5 Å². The molecular weight excluding hydrogens is 173 g/mol. The molecule has 0 aliphatic carbocycles. The van der Waals surface area contributed by atoms with Crippen LogP contribution in [-0.2, 0) is 0 Å². The lowest BCUT2D eigenvalue weighted by Gasteiger charge is -2.05. The maximum absolute atomic E-state index is 12.6. The standard InChI is InChI=1S/C7H5F3O2/c1-12-7-5(10)3(8)2-4(9)6(7)11/h2,11H,1H3. The van der Waals surface area contributed by atoms with E-state index in [1.807, 2.05) is 0 Å². The highest BCUT2D eigenvalue weighted by Gasteiger charge is 2.18. The van der Waals surface area contributed by atoms with Crippen LogP contribution in [0.15, 0.2) is 6.07 Å². The summed E-state index contributed by atoms with van der Waals surface area (Å²) in [6.07, 6.45) is 0. The first-order chi connectivity index (χ1) is 5.57. The Morgan fingerprint density at radius 3 is 2.33 bits per heavy atom. The van der Waals surface area contributed by atoms with Crippen molar-refractivity contribution in [2.45, 2.75) is 0 Å². The lowest BCUT2D eigenvalue weighted by molar-refractivity contribution is 0.325. The van der Waals surface area contributed by atoms with Crippen LogP contribution in [0.5, 0.6) is 11.5 Å². The van der Waals surface area contributed by atoms with Crippen molar-refractivity contribution in [3.05, 3.63) is 23.5 Å². The number of halogens is 3. The molecule has 0 amide bonds. The number of phenolic OH excluding ortho intramolecular Hbond substituents is 1. The fraction of sp³-hybridized carbons (Fsp3) is 0.143. The quantitative estimate of drug-likeness (QED) is 0.664. The van der Waals surface area contributed by atoms with Crippen molar-refractivity contribution in [2.75, 3.05) is 7.11 Å². The predicted octanol–water partition coefficient (Wildman–Crippen LogP) is 1.82. The van der Waals surface area contributed by atoms with Gasteiger partial charge in [0, 0.05) is 6.07 Å². The van der Waals surface area contributed by atoms with Gasteiger partial charge < -0.3 is 9.84 Å². The van der Waals surface area contributed by atoms with Crippen LogP contribution in [0.25, 0.3) is 0 Å². The molecule has 66 valence electrons. The first-order valence-corrected chi connectivity index (χ1v) is 2.98. The van der Waals surface area contributed by atoms with Crippen LogP contribution in [0.4, 0.5) is 13.2 Å². The molecule has 1 aromatic rings. The maximum atomic E-state index is 12.6. The summed E-state index contributed by atoms with van der Waals surface area (Å²) in [5.41, 5.74) is 0. The summed E-state index contributed by atoms with van der Waals surface area (Å²) in [5.74, 6) is -5.92. The molecule has 0 saturated heterocycles. The number of phenols is 1. The van der Waals surface area contributed by atoms with E-state index in [0.717, 1.165) is 7.11 Å². The molecule has 0 atom stereocenters. The second-order valence-corrected chi connectivity index (χ2v) is 2.04. The molecule has 0 heterocycles. The first kappa shape index (κ1) is 8.70. The molecular formula is C7H5F3O2. The van der Waals surface area contributed by atoms with E-state index in [0.29, 0.717) is 0 Å². The Hall–Kier alpha value is -1.39. The summed E-state index contributed by atoms with van der Waals surface area (Å²) in [4.78, 5) is 0. The molecule has 0 aromatic heterocycles. The Kier molecular flexibility index (Phi) is 2.12. The molecule has 0 bridgehead atoms. The Balaban J connectivity index is 3.42. The number of hydrogen-bond donors (Lipinski definition) is 1. The van der Waals surface area contributed by atoms with E-state index in [1.165, 1.54) is 0 Å². The monoisotopic (exact) mass is 178 g/mol. The molecule has 12 heavy (non-hydrogen) atoms. The van der Waals surface area contributed by atoms with Gasteiger partial charge in [-0.1, -0.05) is 0 Å². The first-order valence-electron chi connectivity index (χ1n) is 2.98. The van der Waals surface area contributed by atoms with Gasteiger partial charge in [-0.15, -0.1) is 0 Å². The van der Waals surface area contributed by atoms with Crippen molar-refractivity contribution >= 4 is 0 Å². The van der Waals surface area contributed by atoms with Crippen LogP contribution >= 0.6 is 0 Å². The average Bonchev–Trinajstić information content (AvgIpc) is 2.02. The molecule has 5 heteroatoms. The van der Waals surface area contributed by atoms with Crippen LogP contribution in [0.1, 0.15) is 0 Å². The van der Waals surface area contributed by atoms with Gasteiger partial charge in [-0.05, 0) is 0 Å². The van der Waals surface area contributed by atoms with Crippen molar-refractivity contribution in [3.63, 3.8) is 0 Å². The number of benzene rings is 1. The zero-order valence-corrected chi connectivity index (χ0v) is 6.07. The maximum Gasteiger partial charge on any atom is 0.204 e. The number of methoxy groups -OCH3 is 1. The Bertz CT molecular complexity index is 286. The van der Waals surface area contributed by atoms with Crippen LogP contribution in [0.2, 0.25) is 0 Å². The third-order valence-electron chi connectivity index (χ3n) is 1.31. The molecule has 0 fully saturated rings. The molecule has 0 radical (unpaired) electrons. The van der Waals surface area contributed by atoms with Crippen molar-refractivity contribution < 1.29 is 23.0 Å². The van der Waals surface area contributed by atoms with Gasteiger partial charge in [-0.25, -0.2) is 8.78 Å². The van der Waals surface area contributed by atoms with Crippen LogP contribution in [0.3, 0.4) is 0 Å². The molecule has 0 aliphatic rings. The highest BCUT2D eigenvalue weighted by atomic mass is 19.2. The number of ether oxygens (including phenoxy) is 1. The molecule has 1 N–H and O–H groups in total. The van der Waals surface area contributed by atoms with Gasteiger partial charge in [0.2, 0.25) is 11.6 Å². The minimum absolute atomic E-state index is 0.243. The lowest BCUT2D eigenvalue weighted by Crippen LogP contribution is -1.94. The van der Waals surface area contributed by atoms with E-state index < -0.39 is 29.0 Å². The molecule has 2 nitrogen and oxygen atoms in total. The van der Waals surface area contributed by atoms with Gasteiger partial charge >= 0.3 is 0 Å². The van der Waals surface area contributed by atoms with Gasteiger partial charge in [0.25, 0.3) is 0 Å². The van der Waals surface area contributed by atoms with E-state index >= 15 is 0 Å².